The summed E-state index contributed by atoms with van der Waals surface area (Å²) in [6, 6.07) is 8.75. The first-order chi connectivity index (χ1) is 38.6. The van der Waals surface area contributed by atoms with Gasteiger partial charge in [-0.2, -0.15) is 5.48 Å². The number of benzene rings is 3. The fraction of sp³-hybridized carbons (Fsp3) is 0.474. The maximum Gasteiger partial charge on any atom is 0.327 e. The van der Waals surface area contributed by atoms with Crippen LogP contribution in [0.25, 0.3) is 10.9 Å². The highest BCUT2D eigenvalue weighted by molar-refractivity contribution is 5.99. The Labute approximate surface area is 475 Å². The SMILES string of the molecule is CC(C)(C)N[C@@H](Cc1c[nH]c2ccccc12)C(=O)N[C@H]1CC(=O)ONCCCC[C@@H](C(=O)N[C@@H](CC(=O)O)C(=O)C(C)(C)C)NC(=O)[C@H](Cc2ccc(O)cc2)NC(=O)[C@H](Cc2ccc(O)cc2)NC(=O)[C@H](CCCNC(=N)N)NC1=O. The lowest BCUT2D eigenvalue weighted by Gasteiger charge is -2.30. The van der Waals surface area contributed by atoms with Crippen LogP contribution in [-0.2, 0) is 67.3 Å². The van der Waals surface area contributed by atoms with Crippen molar-refractivity contribution < 1.29 is 63.3 Å². The van der Waals surface area contributed by atoms with Crippen LogP contribution in [0.15, 0.2) is 79.0 Å². The first kappa shape index (κ1) is 64.2. The molecule has 0 bridgehead atoms. The van der Waals surface area contributed by atoms with E-state index in [-0.39, 0.29) is 81.9 Å². The summed E-state index contributed by atoms with van der Waals surface area (Å²) >= 11 is 0. The van der Waals surface area contributed by atoms with Gasteiger partial charge < -0.3 is 73.4 Å². The summed E-state index contributed by atoms with van der Waals surface area (Å²) in [7, 11) is 0. The van der Waals surface area contributed by atoms with Gasteiger partial charge in [0, 0.05) is 54.0 Å². The van der Waals surface area contributed by atoms with E-state index < -0.39 is 119 Å². The first-order valence-corrected chi connectivity index (χ1v) is 27.1. The minimum absolute atomic E-state index is 0.0396. The Bertz CT molecular complexity index is 2900. The molecule has 3 aromatic carbocycles. The van der Waals surface area contributed by atoms with Gasteiger partial charge in [-0.3, -0.25) is 48.6 Å². The molecule has 82 heavy (non-hydrogen) atoms. The number of carbonyl (C=O) groups is 9. The van der Waals surface area contributed by atoms with Crippen molar-refractivity contribution in [2.45, 2.75) is 154 Å². The zero-order valence-corrected chi connectivity index (χ0v) is 47.0. The summed E-state index contributed by atoms with van der Waals surface area (Å²) in [6.45, 7) is 10.2. The van der Waals surface area contributed by atoms with E-state index in [0.717, 1.165) is 16.5 Å². The highest BCUT2D eigenvalue weighted by Gasteiger charge is 2.38. The zero-order chi connectivity index (χ0) is 60.3. The van der Waals surface area contributed by atoms with E-state index in [1.807, 2.05) is 45.0 Å². The fourth-order valence-electron chi connectivity index (χ4n) is 9.11. The molecular weight excluding hydrogens is 1060 g/mol. The monoisotopic (exact) mass is 1140 g/mol. The average molecular weight is 1140 g/mol. The molecule has 1 aliphatic heterocycles. The number of aromatic hydroxyl groups is 2. The molecule has 0 saturated carbocycles. The number of hydrogen-bond donors (Lipinski definition) is 15. The van der Waals surface area contributed by atoms with Crippen molar-refractivity contribution in [2.75, 3.05) is 13.1 Å². The first-order valence-electron chi connectivity index (χ1n) is 27.1. The molecule has 2 heterocycles. The Morgan fingerprint density at radius 1 is 0.756 bits per heavy atom. The molecule has 5 rings (SSSR count). The van der Waals surface area contributed by atoms with Crippen molar-refractivity contribution in [3.05, 3.63) is 95.7 Å². The van der Waals surface area contributed by atoms with Crippen LogP contribution in [0.2, 0.25) is 0 Å². The van der Waals surface area contributed by atoms with Gasteiger partial charge in [-0.15, -0.1) is 0 Å². The summed E-state index contributed by atoms with van der Waals surface area (Å²) in [4.78, 5) is 135. The van der Waals surface area contributed by atoms with E-state index in [2.05, 4.69) is 53.0 Å². The molecule has 7 atom stereocenters. The molecule has 1 fully saturated rings. The van der Waals surface area contributed by atoms with Crippen LogP contribution in [0, 0.1) is 10.8 Å². The number of phenolic OH excluding ortho intramolecular Hbond substituents is 2. The van der Waals surface area contributed by atoms with E-state index in [0.29, 0.717) is 11.1 Å². The second-order valence-corrected chi connectivity index (χ2v) is 22.4. The molecular formula is C57H78N12O13. The lowest BCUT2D eigenvalue weighted by Crippen LogP contribution is -2.61. The van der Waals surface area contributed by atoms with Crippen LogP contribution in [-0.4, -0.2) is 140 Å². The third-order valence-electron chi connectivity index (χ3n) is 13.3. The Hall–Kier alpha value is -8.58. The summed E-state index contributed by atoms with van der Waals surface area (Å²) < 4.78 is 0. The van der Waals surface area contributed by atoms with Crippen molar-refractivity contribution in [3.63, 3.8) is 0 Å². The van der Waals surface area contributed by atoms with Crippen LogP contribution >= 0.6 is 0 Å². The smallest absolute Gasteiger partial charge is 0.327 e. The third kappa shape index (κ3) is 20.8. The Balaban J connectivity index is 1.56. The average Bonchev–Trinajstić information content (AvgIpc) is 3.98. The minimum atomic E-state index is -1.67. The fourth-order valence-corrected chi connectivity index (χ4v) is 9.11. The predicted molar refractivity (Wildman–Crippen MR) is 302 cm³/mol. The van der Waals surface area contributed by atoms with Crippen LogP contribution in [0.1, 0.15) is 103 Å². The Kier molecular flexibility index (Phi) is 23.3. The molecule has 1 aromatic heterocycles. The second kappa shape index (κ2) is 29.8. The lowest BCUT2D eigenvalue weighted by molar-refractivity contribution is -0.153. The van der Waals surface area contributed by atoms with E-state index in [9.17, 15) is 58.5 Å². The van der Waals surface area contributed by atoms with Gasteiger partial charge >= 0.3 is 11.9 Å². The lowest BCUT2D eigenvalue weighted by atomic mass is 9.85. The van der Waals surface area contributed by atoms with Crippen molar-refractivity contribution in [2.24, 2.45) is 11.1 Å². The number of aromatic nitrogens is 1. The van der Waals surface area contributed by atoms with E-state index in [1.54, 1.807) is 27.0 Å². The molecule has 16 N–H and O–H groups in total. The predicted octanol–water partition coefficient (Wildman–Crippen LogP) is 1.25. The van der Waals surface area contributed by atoms with Crippen molar-refractivity contribution in [1.29, 1.82) is 5.41 Å². The van der Waals surface area contributed by atoms with Gasteiger partial charge in [0.2, 0.25) is 35.4 Å². The molecule has 0 unspecified atom stereocenters. The number of nitrogens with two attached hydrogens (primary N) is 1. The van der Waals surface area contributed by atoms with Crippen molar-refractivity contribution >= 4 is 70.0 Å². The number of aromatic amines is 1. The number of rotatable bonds is 18. The second-order valence-electron chi connectivity index (χ2n) is 22.4. The summed E-state index contributed by atoms with van der Waals surface area (Å²) in [5, 5.41) is 60.4. The number of amides is 6. The number of guanidine groups is 1. The molecule has 0 spiro atoms. The topological polar surface area (TPSA) is 397 Å². The van der Waals surface area contributed by atoms with Crippen LogP contribution in [0.4, 0.5) is 0 Å². The van der Waals surface area contributed by atoms with E-state index in [4.69, 9.17) is 16.0 Å². The number of Topliss-reactive ketones (excluding diaryl/α,β-unsaturated/α-hetero) is 1. The van der Waals surface area contributed by atoms with Gasteiger partial charge in [-0.05, 0) is 106 Å². The summed E-state index contributed by atoms with van der Waals surface area (Å²) in [6.07, 6.45) is 0.0273. The number of hydrogen-bond acceptors (Lipinski definition) is 15. The van der Waals surface area contributed by atoms with Gasteiger partial charge in [0.05, 0.1) is 24.9 Å². The number of para-hydroxylation sites is 1. The number of aliphatic carboxylic acids is 1. The number of fused-ring (bicyclic) bond motifs is 1. The van der Waals surface area contributed by atoms with Gasteiger partial charge in [-0.25, -0.2) is 0 Å². The minimum Gasteiger partial charge on any atom is -0.508 e. The molecule has 6 amide bonds. The van der Waals surface area contributed by atoms with Crippen molar-refractivity contribution in [1.82, 2.24) is 53.0 Å². The van der Waals surface area contributed by atoms with E-state index >= 15 is 0 Å². The number of hydroxylamine groups is 1. The molecule has 0 radical (unpaired) electrons. The summed E-state index contributed by atoms with van der Waals surface area (Å²) in [5.74, 6) is -8.90. The number of phenols is 2. The van der Waals surface area contributed by atoms with Gasteiger partial charge in [0.15, 0.2) is 11.7 Å². The molecule has 1 aliphatic rings. The molecule has 4 aromatic rings. The van der Waals surface area contributed by atoms with Crippen LogP contribution < -0.4 is 53.7 Å². The standard InChI is InChI=1S/C57H78N12O13/c1-56(2,3)48(75)41(29-46(72)73)65-49(76)39-14-9-10-25-62-82-47(74)30-44(68-54(81)45(69-57(4,5)6)28-34-31-61-38-13-8-7-12-37(34)38)53(80)64-40(15-11-24-60-55(58)59)50(77)66-43(27-33-18-22-36(71)23-19-33)52(79)67-42(51(78)63-39)26-32-16-20-35(70)21-17-32/h7-8,12-13,16-23,31,39-45,61-62,69-71H,9-11,14-15,24-30H2,1-6H3,(H,63,78)(H,64,80)(H,65,76)(H,66,77)(H,67,79)(H,68,81)(H,72,73)(H4,58,59,60)/t39-,40-,41-,42-,43-,44-,45-/m0/s1. The van der Waals surface area contributed by atoms with Gasteiger partial charge in [0.1, 0.15) is 41.7 Å². The number of carboxylic acids is 1. The largest absolute Gasteiger partial charge is 0.508 e. The highest BCUT2D eigenvalue weighted by atomic mass is 16.7. The maximum absolute atomic E-state index is 14.8. The normalized spacial score (nSPS) is 20.0. The number of carboxylic acid groups (broad SMARTS) is 1. The van der Waals surface area contributed by atoms with Gasteiger partial charge in [0.25, 0.3) is 0 Å². The molecule has 444 valence electrons. The molecule has 0 aliphatic carbocycles. The van der Waals surface area contributed by atoms with Crippen LogP contribution in [0.5, 0.6) is 11.5 Å². The molecule has 1 saturated heterocycles. The van der Waals surface area contributed by atoms with E-state index in [1.165, 1.54) is 48.5 Å². The van der Waals surface area contributed by atoms with Crippen LogP contribution in [0.3, 0.4) is 0 Å². The summed E-state index contributed by atoms with van der Waals surface area (Å²) in [5.41, 5.74) is 8.82. The van der Waals surface area contributed by atoms with Crippen molar-refractivity contribution in [3.8, 4) is 11.5 Å². The number of ketones is 1. The molecule has 25 nitrogen and oxygen atoms in total. The Morgan fingerprint density at radius 2 is 1.33 bits per heavy atom. The zero-order valence-electron chi connectivity index (χ0n) is 47.0. The number of H-pyrrole nitrogens is 1. The third-order valence-corrected chi connectivity index (χ3v) is 13.3. The quantitative estimate of drug-likeness (QED) is 0.0379. The Morgan fingerprint density at radius 3 is 1.90 bits per heavy atom. The number of carbonyl (C=O) groups excluding carboxylic acids is 8. The molecule has 25 heteroatoms. The van der Waals surface area contributed by atoms with Gasteiger partial charge in [-0.1, -0.05) is 63.2 Å². The maximum atomic E-state index is 14.8. The number of nitrogens with one attached hydrogen (secondary N) is 11. The highest BCUT2D eigenvalue weighted by Crippen LogP contribution is 2.22.